The Morgan fingerprint density at radius 2 is 1.77 bits per heavy atom. The van der Waals surface area contributed by atoms with E-state index in [0.29, 0.717) is 19.8 Å². The molecule has 0 aliphatic carbocycles. The van der Waals surface area contributed by atoms with Crippen LogP contribution in [0.5, 0.6) is 0 Å². The van der Waals surface area contributed by atoms with Gasteiger partial charge in [-0.25, -0.2) is 13.1 Å². The molecule has 2 aliphatic rings. The number of rotatable bonds is 8. The van der Waals surface area contributed by atoms with E-state index in [0.717, 1.165) is 45.7 Å². The lowest BCUT2D eigenvalue weighted by Gasteiger charge is -2.42. The molecule has 7 nitrogen and oxygen atoms in total. The lowest BCUT2D eigenvalue weighted by atomic mass is 9.79. The normalized spacial score (nSPS) is 23.5. The van der Waals surface area contributed by atoms with Crippen molar-refractivity contribution < 1.29 is 22.6 Å². The monoisotopic (exact) mass is 336 g/mol. The largest absolute Gasteiger partial charge is 0.384 e. The van der Waals surface area contributed by atoms with E-state index in [2.05, 4.69) is 9.62 Å². The minimum Gasteiger partial charge on any atom is -0.384 e. The van der Waals surface area contributed by atoms with E-state index < -0.39 is 10.0 Å². The van der Waals surface area contributed by atoms with Crippen molar-refractivity contribution in [2.45, 2.75) is 12.8 Å². The van der Waals surface area contributed by atoms with Crippen LogP contribution >= 0.6 is 0 Å². The van der Waals surface area contributed by atoms with Gasteiger partial charge in [-0.1, -0.05) is 0 Å². The molecule has 2 fully saturated rings. The molecule has 0 atom stereocenters. The summed E-state index contributed by atoms with van der Waals surface area (Å²) in [6, 6.07) is 0. The van der Waals surface area contributed by atoms with E-state index >= 15 is 0 Å². The van der Waals surface area contributed by atoms with Gasteiger partial charge >= 0.3 is 0 Å². The second kappa shape index (κ2) is 8.56. The van der Waals surface area contributed by atoms with Crippen molar-refractivity contribution in [1.82, 2.24) is 9.62 Å². The molecular weight excluding hydrogens is 308 g/mol. The summed E-state index contributed by atoms with van der Waals surface area (Å²) in [5, 5.41) is 0. The molecule has 0 aromatic carbocycles. The highest BCUT2D eigenvalue weighted by atomic mass is 32.2. The summed E-state index contributed by atoms with van der Waals surface area (Å²) in [6.07, 6.45) is 1.77. The van der Waals surface area contributed by atoms with Crippen molar-refractivity contribution in [3.05, 3.63) is 0 Å². The Hall–Kier alpha value is -0.250. The van der Waals surface area contributed by atoms with Gasteiger partial charge in [0.25, 0.3) is 0 Å². The number of nitrogens with one attached hydrogen (secondary N) is 1. The highest BCUT2D eigenvalue weighted by Crippen LogP contribution is 2.31. The van der Waals surface area contributed by atoms with E-state index in [4.69, 9.17) is 14.2 Å². The molecule has 2 aliphatic heterocycles. The summed E-state index contributed by atoms with van der Waals surface area (Å²) in [5.41, 5.74) is -0.0459. The van der Waals surface area contributed by atoms with Crippen LogP contribution in [0.15, 0.2) is 0 Å². The lowest BCUT2D eigenvalue weighted by Crippen LogP contribution is -2.51. The molecule has 22 heavy (non-hydrogen) atoms. The summed E-state index contributed by atoms with van der Waals surface area (Å²) in [6.45, 7) is 6.33. The standard InChI is InChI=1S/C14H28N2O5S/c1-19-10-11-22(17,18)15-12-14(2-6-20-7-3-14)13-16-4-8-21-9-5-16/h15H,2-13H2,1H3. The van der Waals surface area contributed by atoms with Crippen molar-refractivity contribution in [3.63, 3.8) is 0 Å². The van der Waals surface area contributed by atoms with Crippen LogP contribution in [0.25, 0.3) is 0 Å². The van der Waals surface area contributed by atoms with Gasteiger partial charge in [0.2, 0.25) is 10.0 Å². The molecule has 0 aromatic heterocycles. The van der Waals surface area contributed by atoms with Crippen LogP contribution < -0.4 is 4.72 Å². The fourth-order valence-electron chi connectivity index (χ4n) is 2.96. The summed E-state index contributed by atoms with van der Waals surface area (Å²) >= 11 is 0. The third-order valence-corrected chi connectivity index (χ3v) is 5.73. The van der Waals surface area contributed by atoms with Crippen LogP contribution in [0.1, 0.15) is 12.8 Å². The number of sulfonamides is 1. The first-order chi connectivity index (χ1) is 10.6. The average molecular weight is 336 g/mol. The fraction of sp³-hybridized carbons (Fsp3) is 1.00. The first kappa shape index (κ1) is 18.1. The molecule has 2 saturated heterocycles. The van der Waals surface area contributed by atoms with Gasteiger partial charge in [-0.2, -0.15) is 0 Å². The Labute approximate surface area is 133 Å². The van der Waals surface area contributed by atoms with E-state index in [9.17, 15) is 8.42 Å². The number of hydrogen-bond acceptors (Lipinski definition) is 6. The molecule has 0 saturated carbocycles. The minimum absolute atomic E-state index is 0.00757. The third kappa shape index (κ3) is 5.75. The molecule has 1 N–H and O–H groups in total. The molecule has 0 bridgehead atoms. The van der Waals surface area contributed by atoms with Crippen LogP contribution in [0.3, 0.4) is 0 Å². The molecule has 2 heterocycles. The van der Waals surface area contributed by atoms with Crippen LogP contribution in [-0.2, 0) is 24.2 Å². The van der Waals surface area contributed by atoms with Crippen LogP contribution in [0.2, 0.25) is 0 Å². The number of ether oxygens (including phenoxy) is 3. The molecule has 0 unspecified atom stereocenters. The Balaban J connectivity index is 1.93. The SMILES string of the molecule is COCCS(=O)(=O)NCC1(CN2CCOCC2)CCOCC1. The molecule has 8 heteroatoms. The maximum Gasteiger partial charge on any atom is 0.213 e. The Morgan fingerprint density at radius 3 is 2.41 bits per heavy atom. The molecule has 0 amide bonds. The number of morpholine rings is 1. The zero-order valence-corrected chi connectivity index (χ0v) is 14.2. The van der Waals surface area contributed by atoms with Crippen molar-refractivity contribution in [1.29, 1.82) is 0 Å². The van der Waals surface area contributed by atoms with Crippen molar-refractivity contribution in [2.75, 3.05) is 72.1 Å². The molecule has 0 radical (unpaired) electrons. The number of hydrogen-bond donors (Lipinski definition) is 1. The predicted molar refractivity (Wildman–Crippen MR) is 83.4 cm³/mol. The van der Waals surface area contributed by atoms with Gasteiger partial charge in [0.1, 0.15) is 0 Å². The molecule has 2 rings (SSSR count). The van der Waals surface area contributed by atoms with E-state index in [-0.39, 0.29) is 17.8 Å². The Kier molecular flexibility index (Phi) is 7.04. The molecule has 0 spiro atoms. The van der Waals surface area contributed by atoms with Gasteiger partial charge < -0.3 is 14.2 Å². The summed E-state index contributed by atoms with van der Waals surface area (Å²) in [7, 11) is -1.77. The molecule has 0 aromatic rings. The molecular formula is C14H28N2O5S. The third-order valence-electron chi connectivity index (χ3n) is 4.44. The van der Waals surface area contributed by atoms with E-state index in [1.807, 2.05) is 0 Å². The highest BCUT2D eigenvalue weighted by Gasteiger charge is 2.35. The smallest absolute Gasteiger partial charge is 0.213 e. The van der Waals surface area contributed by atoms with Crippen LogP contribution in [0, 0.1) is 5.41 Å². The summed E-state index contributed by atoms with van der Waals surface area (Å²) in [4.78, 5) is 2.37. The Bertz CT molecular complexity index is 417. The zero-order chi connectivity index (χ0) is 15.9. The van der Waals surface area contributed by atoms with Gasteiger partial charge in [-0.3, -0.25) is 4.90 Å². The maximum absolute atomic E-state index is 12.0. The summed E-state index contributed by atoms with van der Waals surface area (Å²) in [5.74, 6) is 0.00757. The second-order valence-corrected chi connectivity index (χ2v) is 8.06. The lowest BCUT2D eigenvalue weighted by molar-refractivity contribution is -0.0270. The maximum atomic E-state index is 12.0. The first-order valence-corrected chi connectivity index (χ1v) is 9.55. The number of methoxy groups -OCH3 is 1. The van der Waals surface area contributed by atoms with Crippen LogP contribution in [0.4, 0.5) is 0 Å². The summed E-state index contributed by atoms with van der Waals surface area (Å²) < 4.78 is 42.5. The van der Waals surface area contributed by atoms with Gasteiger partial charge in [0, 0.05) is 51.9 Å². The van der Waals surface area contributed by atoms with Gasteiger partial charge in [0.15, 0.2) is 0 Å². The minimum atomic E-state index is -3.28. The molecule has 130 valence electrons. The van der Waals surface area contributed by atoms with E-state index in [1.54, 1.807) is 0 Å². The first-order valence-electron chi connectivity index (χ1n) is 7.89. The van der Waals surface area contributed by atoms with Crippen molar-refractivity contribution in [2.24, 2.45) is 5.41 Å². The van der Waals surface area contributed by atoms with Crippen molar-refractivity contribution >= 4 is 10.0 Å². The zero-order valence-electron chi connectivity index (χ0n) is 13.4. The van der Waals surface area contributed by atoms with Gasteiger partial charge in [0.05, 0.1) is 25.6 Å². The topological polar surface area (TPSA) is 77.1 Å². The number of nitrogens with zero attached hydrogens (tertiary/aromatic N) is 1. The van der Waals surface area contributed by atoms with E-state index in [1.165, 1.54) is 7.11 Å². The average Bonchev–Trinajstić information content (AvgIpc) is 2.53. The van der Waals surface area contributed by atoms with Gasteiger partial charge in [-0.05, 0) is 12.8 Å². The van der Waals surface area contributed by atoms with Crippen LogP contribution in [-0.4, -0.2) is 85.4 Å². The second-order valence-electron chi connectivity index (χ2n) is 6.13. The Morgan fingerprint density at radius 1 is 1.14 bits per heavy atom. The van der Waals surface area contributed by atoms with Crippen molar-refractivity contribution in [3.8, 4) is 0 Å². The quantitative estimate of drug-likeness (QED) is 0.655. The highest BCUT2D eigenvalue weighted by molar-refractivity contribution is 7.89. The predicted octanol–water partition coefficient (Wildman–Crippen LogP) is -0.319. The fourth-order valence-corrected chi connectivity index (χ4v) is 4.01. The van der Waals surface area contributed by atoms with Gasteiger partial charge in [-0.15, -0.1) is 0 Å².